The molecule has 0 aliphatic rings. The fourth-order valence-electron chi connectivity index (χ4n) is 2.77. The van der Waals surface area contributed by atoms with Crippen molar-refractivity contribution in [1.29, 1.82) is 0 Å². The second-order valence-electron chi connectivity index (χ2n) is 6.51. The number of nitrogens with one attached hydrogen (secondary N) is 2. The molecule has 0 saturated heterocycles. The molecule has 2 aromatic carbocycles. The number of hydrogen-bond donors (Lipinski definition) is 2. The van der Waals surface area contributed by atoms with Gasteiger partial charge in [0.15, 0.2) is 0 Å². The zero-order valence-corrected chi connectivity index (χ0v) is 16.3. The normalized spacial score (nSPS) is 10.5. The first-order valence-corrected chi connectivity index (χ1v) is 8.91. The van der Waals surface area contributed by atoms with Crippen LogP contribution in [0, 0.1) is 19.7 Å². The van der Waals surface area contributed by atoms with E-state index in [0.29, 0.717) is 28.4 Å². The summed E-state index contributed by atoms with van der Waals surface area (Å²) in [5.74, 6) is 0.0694. The summed E-state index contributed by atoms with van der Waals surface area (Å²) in [6, 6.07) is 12.7. The number of carbonyl (C=O) groups excluding carboxylic acids is 1. The highest BCUT2D eigenvalue weighted by Gasteiger charge is 2.13. The number of nitrogens with zero attached hydrogens (tertiary/aromatic N) is 2. The minimum atomic E-state index is -0.399. The van der Waals surface area contributed by atoms with Crippen LogP contribution in [0.4, 0.5) is 21.7 Å². The van der Waals surface area contributed by atoms with Crippen molar-refractivity contribution in [3.05, 3.63) is 76.0 Å². The Hall–Kier alpha value is -3.68. The van der Waals surface area contributed by atoms with Gasteiger partial charge in [-0.2, -0.15) is 0 Å². The van der Waals surface area contributed by atoms with Crippen LogP contribution in [0.15, 0.2) is 53.3 Å². The van der Waals surface area contributed by atoms with Crippen LogP contribution in [0.25, 0.3) is 0 Å². The number of ether oxygens (including phenoxy) is 1. The minimum absolute atomic E-state index is 0.196. The van der Waals surface area contributed by atoms with E-state index in [2.05, 4.69) is 15.6 Å². The van der Waals surface area contributed by atoms with Gasteiger partial charge in [0.25, 0.3) is 5.56 Å². The highest BCUT2D eigenvalue weighted by Crippen LogP contribution is 2.19. The number of aryl methyl sites for hydroxylation is 2. The lowest BCUT2D eigenvalue weighted by Crippen LogP contribution is -2.30. The van der Waals surface area contributed by atoms with Crippen molar-refractivity contribution in [3.63, 3.8) is 0 Å². The highest BCUT2D eigenvalue weighted by molar-refractivity contribution is 5.91. The van der Waals surface area contributed by atoms with Gasteiger partial charge in [-0.05, 0) is 49.7 Å². The van der Waals surface area contributed by atoms with Gasteiger partial charge in [-0.1, -0.05) is 6.07 Å². The summed E-state index contributed by atoms with van der Waals surface area (Å²) in [7, 11) is 1.54. The van der Waals surface area contributed by atoms with Gasteiger partial charge in [0.2, 0.25) is 11.9 Å². The Morgan fingerprint density at radius 2 is 1.93 bits per heavy atom. The number of hydrogen-bond acceptors (Lipinski definition) is 5. The SMILES string of the molecule is COc1cccc(NC(=O)Cn2c(Nc3ccc(F)c(C)c3)nc(C)cc2=O)c1. The molecule has 8 heteroatoms. The first-order valence-electron chi connectivity index (χ1n) is 8.91. The molecule has 0 bridgehead atoms. The molecule has 1 aromatic heterocycles. The van der Waals surface area contributed by atoms with Crippen molar-refractivity contribution in [2.45, 2.75) is 20.4 Å². The van der Waals surface area contributed by atoms with Crippen LogP contribution in [0.2, 0.25) is 0 Å². The monoisotopic (exact) mass is 396 g/mol. The Balaban J connectivity index is 1.85. The number of rotatable bonds is 6. The lowest BCUT2D eigenvalue weighted by molar-refractivity contribution is -0.116. The highest BCUT2D eigenvalue weighted by atomic mass is 19.1. The second kappa shape index (κ2) is 8.55. The van der Waals surface area contributed by atoms with Crippen LogP contribution >= 0.6 is 0 Å². The van der Waals surface area contributed by atoms with E-state index in [1.165, 1.54) is 29.9 Å². The van der Waals surface area contributed by atoms with Gasteiger partial charge < -0.3 is 15.4 Å². The summed E-state index contributed by atoms with van der Waals surface area (Å²) in [6.45, 7) is 3.08. The number of anilines is 3. The quantitative estimate of drug-likeness (QED) is 0.667. The van der Waals surface area contributed by atoms with E-state index in [4.69, 9.17) is 4.74 Å². The Bertz CT molecular complexity index is 1110. The maximum Gasteiger partial charge on any atom is 0.255 e. The fraction of sp³-hybridized carbons (Fsp3) is 0.190. The lowest BCUT2D eigenvalue weighted by atomic mass is 10.2. The van der Waals surface area contributed by atoms with Crippen molar-refractivity contribution in [3.8, 4) is 5.75 Å². The average Bonchev–Trinajstić information content (AvgIpc) is 2.67. The third-order valence-electron chi connectivity index (χ3n) is 4.21. The lowest BCUT2D eigenvalue weighted by Gasteiger charge is -2.15. The van der Waals surface area contributed by atoms with Crippen molar-refractivity contribution >= 4 is 23.2 Å². The average molecular weight is 396 g/mol. The zero-order chi connectivity index (χ0) is 21.0. The third kappa shape index (κ3) is 4.98. The van der Waals surface area contributed by atoms with Crippen LogP contribution in [0.5, 0.6) is 5.75 Å². The predicted octanol–water partition coefficient (Wildman–Crippen LogP) is 3.39. The van der Waals surface area contributed by atoms with Gasteiger partial charge in [-0.15, -0.1) is 0 Å². The van der Waals surface area contributed by atoms with Gasteiger partial charge in [-0.25, -0.2) is 9.37 Å². The Morgan fingerprint density at radius 1 is 1.14 bits per heavy atom. The number of benzene rings is 2. The summed E-state index contributed by atoms with van der Waals surface area (Å²) in [5, 5.41) is 5.73. The Labute approximate surface area is 167 Å². The topological polar surface area (TPSA) is 85.2 Å². The van der Waals surface area contributed by atoms with Crippen LogP contribution in [0.1, 0.15) is 11.3 Å². The summed E-state index contributed by atoms with van der Waals surface area (Å²) in [6.07, 6.45) is 0. The number of amides is 1. The Kier molecular flexibility index (Phi) is 5.92. The van der Waals surface area contributed by atoms with Crippen LogP contribution < -0.4 is 20.9 Å². The van der Waals surface area contributed by atoms with Crippen molar-refractivity contribution in [1.82, 2.24) is 9.55 Å². The largest absolute Gasteiger partial charge is 0.497 e. The molecule has 150 valence electrons. The predicted molar refractivity (Wildman–Crippen MR) is 109 cm³/mol. The fourth-order valence-corrected chi connectivity index (χ4v) is 2.77. The van der Waals surface area contributed by atoms with Crippen LogP contribution in [-0.4, -0.2) is 22.6 Å². The molecule has 2 N–H and O–H groups in total. The smallest absolute Gasteiger partial charge is 0.255 e. The molecular formula is C21H21FN4O3. The van der Waals surface area contributed by atoms with Gasteiger partial charge in [0.1, 0.15) is 18.1 Å². The van der Waals surface area contributed by atoms with E-state index in [1.807, 2.05) is 0 Å². The molecule has 1 amide bonds. The maximum absolute atomic E-state index is 13.5. The maximum atomic E-state index is 13.5. The molecule has 0 aliphatic heterocycles. The van der Waals surface area contributed by atoms with Crippen LogP contribution in [0.3, 0.4) is 0 Å². The summed E-state index contributed by atoms with van der Waals surface area (Å²) >= 11 is 0. The summed E-state index contributed by atoms with van der Waals surface area (Å²) in [4.78, 5) is 29.3. The molecule has 0 unspecified atom stereocenters. The first kappa shape index (κ1) is 20.1. The standard InChI is InChI=1S/C21H21FN4O3/c1-13-9-16(7-8-18(13)22)25-21-23-14(2)10-20(28)26(21)12-19(27)24-15-5-4-6-17(11-15)29-3/h4-11H,12H2,1-3H3,(H,23,25)(H,24,27). The molecule has 0 radical (unpaired) electrons. The van der Waals surface area contributed by atoms with Crippen LogP contribution in [-0.2, 0) is 11.3 Å². The number of halogens is 1. The first-order chi connectivity index (χ1) is 13.9. The number of carbonyl (C=O) groups is 1. The molecule has 0 spiro atoms. The summed E-state index contributed by atoms with van der Waals surface area (Å²) < 4.78 is 19.9. The second-order valence-corrected chi connectivity index (χ2v) is 6.51. The van der Waals surface area contributed by atoms with E-state index in [-0.39, 0.29) is 23.9 Å². The van der Waals surface area contributed by atoms with Gasteiger partial charge in [-0.3, -0.25) is 14.2 Å². The molecule has 29 heavy (non-hydrogen) atoms. The molecule has 3 rings (SSSR count). The number of aromatic nitrogens is 2. The zero-order valence-electron chi connectivity index (χ0n) is 16.3. The molecule has 0 fully saturated rings. The van der Waals surface area contributed by atoms with E-state index in [0.717, 1.165) is 0 Å². The molecule has 7 nitrogen and oxygen atoms in total. The van der Waals surface area contributed by atoms with Gasteiger partial charge in [0, 0.05) is 29.2 Å². The molecule has 3 aromatic rings. The van der Waals surface area contributed by atoms with Gasteiger partial charge in [0.05, 0.1) is 7.11 Å². The molecule has 0 aliphatic carbocycles. The van der Waals surface area contributed by atoms with Crippen molar-refractivity contribution < 1.29 is 13.9 Å². The molecule has 0 atom stereocenters. The third-order valence-corrected chi connectivity index (χ3v) is 4.21. The van der Waals surface area contributed by atoms with E-state index in [9.17, 15) is 14.0 Å². The van der Waals surface area contributed by atoms with E-state index in [1.54, 1.807) is 44.2 Å². The van der Waals surface area contributed by atoms with E-state index < -0.39 is 5.91 Å². The Morgan fingerprint density at radius 3 is 2.66 bits per heavy atom. The van der Waals surface area contributed by atoms with E-state index >= 15 is 0 Å². The molecule has 1 heterocycles. The number of methoxy groups -OCH3 is 1. The summed E-state index contributed by atoms with van der Waals surface area (Å²) in [5.41, 5.74) is 1.68. The van der Waals surface area contributed by atoms with Gasteiger partial charge >= 0.3 is 0 Å². The van der Waals surface area contributed by atoms with Crippen molar-refractivity contribution in [2.75, 3.05) is 17.7 Å². The molecule has 0 saturated carbocycles. The minimum Gasteiger partial charge on any atom is -0.497 e. The molecular weight excluding hydrogens is 375 g/mol. The van der Waals surface area contributed by atoms with Crippen molar-refractivity contribution in [2.24, 2.45) is 0 Å².